The molecule has 1 atom stereocenters. The van der Waals surface area contributed by atoms with E-state index in [4.69, 9.17) is 14.5 Å². The van der Waals surface area contributed by atoms with E-state index in [-0.39, 0.29) is 29.9 Å². The molecule has 31 heavy (non-hydrogen) atoms. The molecule has 1 aromatic rings. The first-order valence-electron chi connectivity index (χ1n) is 11.5. The van der Waals surface area contributed by atoms with Gasteiger partial charge in [0.05, 0.1) is 19.8 Å². The van der Waals surface area contributed by atoms with Crippen molar-refractivity contribution in [2.24, 2.45) is 10.9 Å². The third-order valence-corrected chi connectivity index (χ3v) is 5.24. The number of nitrogens with one attached hydrogen (secondary N) is 1. The number of aliphatic imine (C=N–C) groups is 1. The lowest BCUT2D eigenvalue weighted by molar-refractivity contribution is -0.143. The zero-order valence-corrected chi connectivity index (χ0v) is 21.5. The summed E-state index contributed by atoms with van der Waals surface area (Å²) in [5.74, 6) is 1.50. The van der Waals surface area contributed by atoms with E-state index in [1.807, 2.05) is 13.0 Å². The first kappa shape index (κ1) is 27.7. The summed E-state index contributed by atoms with van der Waals surface area (Å²) in [7, 11) is 0. The minimum absolute atomic E-state index is 0. The topological polar surface area (TPSA) is 63.2 Å². The van der Waals surface area contributed by atoms with Gasteiger partial charge in [-0.2, -0.15) is 0 Å². The number of rotatable bonds is 13. The van der Waals surface area contributed by atoms with Crippen LogP contribution in [0.3, 0.4) is 0 Å². The van der Waals surface area contributed by atoms with Crippen LogP contribution in [0.15, 0.2) is 35.3 Å². The van der Waals surface area contributed by atoms with Crippen LogP contribution in [-0.4, -0.2) is 56.2 Å². The molecule has 1 unspecified atom stereocenters. The zero-order chi connectivity index (χ0) is 21.4. The van der Waals surface area contributed by atoms with E-state index in [2.05, 4.69) is 41.4 Å². The summed E-state index contributed by atoms with van der Waals surface area (Å²) >= 11 is 0. The van der Waals surface area contributed by atoms with Gasteiger partial charge >= 0.3 is 5.97 Å². The largest absolute Gasteiger partial charge is 0.466 e. The normalized spacial score (nSPS) is 16.1. The quantitative estimate of drug-likeness (QED) is 0.129. The number of hydrogen-bond donors (Lipinski definition) is 1. The molecule has 1 saturated heterocycles. The molecule has 1 aromatic carbocycles. The molecule has 2 rings (SSSR count). The Kier molecular flexibility index (Phi) is 15.4. The van der Waals surface area contributed by atoms with Crippen LogP contribution < -0.4 is 5.32 Å². The maximum absolute atomic E-state index is 11.3. The highest BCUT2D eigenvalue weighted by Crippen LogP contribution is 2.17. The van der Waals surface area contributed by atoms with Crippen LogP contribution >= 0.6 is 24.0 Å². The van der Waals surface area contributed by atoms with Gasteiger partial charge in [0, 0.05) is 38.5 Å². The van der Waals surface area contributed by atoms with E-state index in [9.17, 15) is 4.79 Å². The fourth-order valence-electron chi connectivity index (χ4n) is 3.66. The molecule has 1 heterocycles. The third kappa shape index (κ3) is 11.7. The average Bonchev–Trinajstić information content (AvgIpc) is 3.22. The van der Waals surface area contributed by atoms with Gasteiger partial charge in [-0.15, -0.1) is 24.0 Å². The second-order valence-corrected chi connectivity index (χ2v) is 7.81. The van der Waals surface area contributed by atoms with E-state index in [1.54, 1.807) is 0 Å². The summed E-state index contributed by atoms with van der Waals surface area (Å²) < 4.78 is 10.9. The van der Waals surface area contributed by atoms with Gasteiger partial charge in [0.1, 0.15) is 0 Å². The fraction of sp³-hybridized carbons (Fsp3) is 0.667. The number of ether oxygens (including phenoxy) is 2. The standard InChI is InChI=1S/C24H39N3O3.HI/c1-3-25-24(26-16-11-6-5-10-14-23(28)30-4-2)27-17-15-22(18-27)20-29-19-21-12-8-7-9-13-21;/h7-9,12-13,22H,3-6,10-11,14-20H2,1-2H3,(H,25,26);1H. The molecule has 0 radical (unpaired) electrons. The van der Waals surface area contributed by atoms with Crippen LogP contribution in [0.1, 0.15) is 57.9 Å². The lowest BCUT2D eigenvalue weighted by Gasteiger charge is -2.21. The predicted molar refractivity (Wildman–Crippen MR) is 137 cm³/mol. The summed E-state index contributed by atoms with van der Waals surface area (Å²) in [6, 6.07) is 10.3. The van der Waals surface area contributed by atoms with Gasteiger partial charge in [-0.25, -0.2) is 0 Å². The van der Waals surface area contributed by atoms with Crippen LogP contribution in [0.4, 0.5) is 0 Å². The lowest BCUT2D eigenvalue weighted by Crippen LogP contribution is -2.40. The van der Waals surface area contributed by atoms with Crippen molar-refractivity contribution in [1.82, 2.24) is 10.2 Å². The number of likely N-dealkylation sites (tertiary alicyclic amines) is 1. The molecule has 176 valence electrons. The molecule has 0 saturated carbocycles. The summed E-state index contributed by atoms with van der Waals surface area (Å²) in [4.78, 5) is 18.5. The monoisotopic (exact) mass is 545 g/mol. The van der Waals surface area contributed by atoms with Crippen molar-refractivity contribution < 1.29 is 14.3 Å². The van der Waals surface area contributed by atoms with Crippen LogP contribution in [0.5, 0.6) is 0 Å². The van der Waals surface area contributed by atoms with Crippen LogP contribution in [-0.2, 0) is 20.9 Å². The van der Waals surface area contributed by atoms with Crippen molar-refractivity contribution in [2.45, 2.75) is 59.0 Å². The molecule has 0 amide bonds. The Bertz CT molecular complexity index is 628. The zero-order valence-electron chi connectivity index (χ0n) is 19.2. The van der Waals surface area contributed by atoms with Gasteiger partial charge in [-0.1, -0.05) is 43.2 Å². The molecule has 1 fully saturated rings. The Balaban J connectivity index is 0.00000480. The predicted octanol–water partition coefficient (Wildman–Crippen LogP) is 4.62. The number of carbonyl (C=O) groups excluding carboxylic acids is 1. The molecule has 7 heteroatoms. The van der Waals surface area contributed by atoms with E-state index in [0.29, 0.717) is 25.6 Å². The number of guanidine groups is 1. The molecule has 6 nitrogen and oxygen atoms in total. The van der Waals surface area contributed by atoms with Crippen LogP contribution in [0.2, 0.25) is 0 Å². The molecule has 1 aliphatic heterocycles. The van der Waals surface area contributed by atoms with Gasteiger partial charge in [0.15, 0.2) is 5.96 Å². The van der Waals surface area contributed by atoms with Gasteiger partial charge in [-0.05, 0) is 38.7 Å². The third-order valence-electron chi connectivity index (χ3n) is 5.24. The summed E-state index contributed by atoms with van der Waals surface area (Å²) in [5.41, 5.74) is 1.23. The highest BCUT2D eigenvalue weighted by molar-refractivity contribution is 14.0. The van der Waals surface area contributed by atoms with Crippen molar-refractivity contribution in [3.8, 4) is 0 Å². The lowest BCUT2D eigenvalue weighted by atomic mass is 10.1. The van der Waals surface area contributed by atoms with Crippen molar-refractivity contribution in [3.05, 3.63) is 35.9 Å². The fourth-order valence-corrected chi connectivity index (χ4v) is 3.66. The number of halogens is 1. The number of benzene rings is 1. The van der Waals surface area contributed by atoms with E-state index in [1.165, 1.54) is 5.56 Å². The molecule has 0 aliphatic carbocycles. The van der Waals surface area contributed by atoms with Gasteiger partial charge < -0.3 is 19.7 Å². The van der Waals surface area contributed by atoms with Crippen molar-refractivity contribution in [1.29, 1.82) is 0 Å². The summed E-state index contributed by atoms with van der Waals surface area (Å²) in [6.45, 7) is 9.64. The molecule has 0 bridgehead atoms. The first-order valence-corrected chi connectivity index (χ1v) is 11.5. The number of carbonyl (C=O) groups is 1. The number of unbranched alkanes of at least 4 members (excludes halogenated alkanes) is 3. The van der Waals surface area contributed by atoms with Gasteiger partial charge in [0.25, 0.3) is 0 Å². The van der Waals surface area contributed by atoms with Gasteiger partial charge in [-0.3, -0.25) is 9.79 Å². The maximum atomic E-state index is 11.3. The van der Waals surface area contributed by atoms with Gasteiger partial charge in [0.2, 0.25) is 0 Å². The second kappa shape index (κ2) is 17.2. The maximum Gasteiger partial charge on any atom is 0.305 e. The molecule has 1 N–H and O–H groups in total. The van der Waals surface area contributed by atoms with E-state index >= 15 is 0 Å². The Labute approximate surface area is 205 Å². The van der Waals surface area contributed by atoms with Crippen molar-refractivity contribution >= 4 is 35.9 Å². The average molecular weight is 546 g/mol. The van der Waals surface area contributed by atoms with Crippen molar-refractivity contribution in [3.63, 3.8) is 0 Å². The highest BCUT2D eigenvalue weighted by Gasteiger charge is 2.24. The SMILES string of the molecule is CCNC(=NCCCCCCC(=O)OCC)N1CCC(COCc2ccccc2)C1.I. The Hall–Kier alpha value is -1.35. The smallest absolute Gasteiger partial charge is 0.305 e. The summed E-state index contributed by atoms with van der Waals surface area (Å²) in [6.07, 6.45) is 5.77. The first-order chi connectivity index (χ1) is 14.7. The number of nitrogens with zero attached hydrogens (tertiary/aromatic N) is 2. The number of hydrogen-bond acceptors (Lipinski definition) is 4. The Morgan fingerprint density at radius 3 is 2.68 bits per heavy atom. The minimum Gasteiger partial charge on any atom is -0.466 e. The van der Waals surface area contributed by atoms with Crippen LogP contribution in [0, 0.1) is 5.92 Å². The molecular weight excluding hydrogens is 505 g/mol. The Morgan fingerprint density at radius 2 is 1.94 bits per heavy atom. The van der Waals surface area contributed by atoms with Crippen LogP contribution in [0.25, 0.3) is 0 Å². The molecule has 0 aromatic heterocycles. The highest BCUT2D eigenvalue weighted by atomic mass is 127. The Morgan fingerprint density at radius 1 is 1.16 bits per heavy atom. The molecular formula is C24H40IN3O3. The molecule has 0 spiro atoms. The minimum atomic E-state index is -0.0821. The van der Waals surface area contributed by atoms with E-state index in [0.717, 1.165) is 70.8 Å². The van der Waals surface area contributed by atoms with Crippen molar-refractivity contribution in [2.75, 3.05) is 39.4 Å². The summed E-state index contributed by atoms with van der Waals surface area (Å²) in [5, 5.41) is 3.43. The second-order valence-electron chi connectivity index (χ2n) is 7.81. The van der Waals surface area contributed by atoms with E-state index < -0.39 is 0 Å². The molecule has 1 aliphatic rings. The number of esters is 1.